The summed E-state index contributed by atoms with van der Waals surface area (Å²) in [5.41, 5.74) is 3.60. The van der Waals surface area contributed by atoms with Crippen molar-refractivity contribution in [3.8, 4) is 5.75 Å². The van der Waals surface area contributed by atoms with E-state index in [2.05, 4.69) is 59.0 Å². The number of guanidine groups is 1. The van der Waals surface area contributed by atoms with E-state index < -0.39 is 0 Å². The zero-order valence-corrected chi connectivity index (χ0v) is 17.4. The van der Waals surface area contributed by atoms with Crippen molar-refractivity contribution in [3.05, 3.63) is 47.3 Å². The smallest absolute Gasteiger partial charge is 0.191 e. The first kappa shape index (κ1) is 20.2. The summed E-state index contributed by atoms with van der Waals surface area (Å²) in [5, 5.41) is 11.1. The van der Waals surface area contributed by atoms with Crippen molar-refractivity contribution in [2.45, 2.75) is 65.1 Å². The van der Waals surface area contributed by atoms with E-state index in [4.69, 9.17) is 4.74 Å². The minimum absolute atomic E-state index is 0.365. The first-order valence-corrected chi connectivity index (χ1v) is 10.3. The van der Waals surface area contributed by atoms with Crippen molar-refractivity contribution < 1.29 is 4.74 Å². The Kier molecular flexibility index (Phi) is 7.34. The predicted molar refractivity (Wildman–Crippen MR) is 114 cm³/mol. The number of aliphatic imine (C=N–C) groups is 1. The molecule has 1 heterocycles. The topological polar surface area (TPSA) is 63.5 Å². The van der Waals surface area contributed by atoms with Crippen LogP contribution in [0.1, 0.15) is 48.8 Å². The second-order valence-electron chi connectivity index (χ2n) is 7.62. The van der Waals surface area contributed by atoms with Gasteiger partial charge in [-0.2, -0.15) is 5.10 Å². The van der Waals surface area contributed by atoms with Gasteiger partial charge in [0.1, 0.15) is 5.75 Å². The Morgan fingerprint density at radius 1 is 1.21 bits per heavy atom. The van der Waals surface area contributed by atoms with Crippen LogP contribution in [0.15, 0.2) is 35.6 Å². The largest absolute Gasteiger partial charge is 0.490 e. The van der Waals surface area contributed by atoms with Gasteiger partial charge in [-0.05, 0) is 63.1 Å². The second kappa shape index (κ2) is 10.2. The maximum atomic E-state index is 6.29. The number of rotatable bonds is 8. The number of aromatic nitrogens is 2. The third kappa shape index (κ3) is 6.01. The zero-order valence-electron chi connectivity index (χ0n) is 17.4. The highest BCUT2D eigenvalue weighted by Gasteiger charge is 2.18. The molecule has 2 aromatic rings. The first-order chi connectivity index (χ1) is 13.6. The van der Waals surface area contributed by atoms with Crippen LogP contribution in [0.2, 0.25) is 0 Å². The molecule has 2 N–H and O–H groups in total. The van der Waals surface area contributed by atoms with Gasteiger partial charge in [0.25, 0.3) is 0 Å². The van der Waals surface area contributed by atoms with Crippen LogP contribution >= 0.6 is 0 Å². The van der Waals surface area contributed by atoms with Crippen molar-refractivity contribution in [1.82, 2.24) is 20.4 Å². The molecule has 0 saturated heterocycles. The highest BCUT2D eigenvalue weighted by molar-refractivity contribution is 5.79. The van der Waals surface area contributed by atoms with Crippen molar-refractivity contribution in [3.63, 3.8) is 0 Å². The molecule has 0 radical (unpaired) electrons. The van der Waals surface area contributed by atoms with E-state index in [1.54, 1.807) is 7.05 Å². The van der Waals surface area contributed by atoms with Crippen molar-refractivity contribution in [2.75, 3.05) is 13.6 Å². The van der Waals surface area contributed by atoms with Crippen LogP contribution in [-0.4, -0.2) is 35.4 Å². The molecule has 1 saturated carbocycles. The van der Waals surface area contributed by atoms with Gasteiger partial charge in [0.15, 0.2) is 5.96 Å². The number of hydrogen-bond donors (Lipinski definition) is 2. The summed E-state index contributed by atoms with van der Waals surface area (Å²) in [6.45, 7) is 6.61. The van der Waals surface area contributed by atoms with E-state index in [-0.39, 0.29) is 0 Å². The Morgan fingerprint density at radius 3 is 2.75 bits per heavy atom. The highest BCUT2D eigenvalue weighted by atomic mass is 16.5. The molecular formula is C22H33N5O. The van der Waals surface area contributed by atoms with Gasteiger partial charge in [-0.25, -0.2) is 0 Å². The van der Waals surface area contributed by atoms with Gasteiger partial charge >= 0.3 is 0 Å². The lowest BCUT2D eigenvalue weighted by molar-refractivity contribution is 0.207. The van der Waals surface area contributed by atoms with Gasteiger partial charge in [0.05, 0.1) is 12.3 Å². The van der Waals surface area contributed by atoms with E-state index in [0.717, 1.165) is 31.2 Å². The maximum absolute atomic E-state index is 6.29. The lowest BCUT2D eigenvalue weighted by Gasteiger charge is -2.18. The van der Waals surface area contributed by atoms with Crippen LogP contribution < -0.4 is 15.4 Å². The molecule has 0 aliphatic heterocycles. The maximum Gasteiger partial charge on any atom is 0.191 e. The van der Waals surface area contributed by atoms with Crippen molar-refractivity contribution in [2.24, 2.45) is 4.99 Å². The summed E-state index contributed by atoms with van der Waals surface area (Å²) in [6.07, 6.45) is 10.2. The third-order valence-electron chi connectivity index (χ3n) is 5.11. The van der Waals surface area contributed by atoms with Crippen LogP contribution in [0.3, 0.4) is 0 Å². The fraction of sp³-hybridized carbons (Fsp3) is 0.545. The third-order valence-corrected chi connectivity index (χ3v) is 5.11. The Morgan fingerprint density at radius 2 is 2.04 bits per heavy atom. The highest BCUT2D eigenvalue weighted by Crippen LogP contribution is 2.27. The number of aryl methyl sites for hydroxylation is 3. The molecule has 6 nitrogen and oxygen atoms in total. The summed E-state index contributed by atoms with van der Waals surface area (Å²) < 4.78 is 8.27. The van der Waals surface area contributed by atoms with Gasteiger partial charge in [0.2, 0.25) is 0 Å². The molecule has 1 aromatic heterocycles. The molecule has 6 heteroatoms. The number of nitrogens with one attached hydrogen (secondary N) is 2. The van der Waals surface area contributed by atoms with Crippen molar-refractivity contribution in [1.29, 1.82) is 0 Å². The molecule has 28 heavy (non-hydrogen) atoms. The SMILES string of the molecule is CN=C(NCCCn1cc(C)cn1)NCc1ccc(C)cc1OC1CCCC1. The summed E-state index contributed by atoms with van der Waals surface area (Å²) in [6, 6.07) is 6.44. The summed E-state index contributed by atoms with van der Waals surface area (Å²) in [7, 11) is 1.80. The minimum atomic E-state index is 0.365. The average Bonchev–Trinajstić information content (AvgIpc) is 3.34. The molecule has 0 unspecified atom stereocenters. The van der Waals surface area contributed by atoms with E-state index in [0.29, 0.717) is 12.6 Å². The Balaban J connectivity index is 1.47. The van der Waals surface area contributed by atoms with Crippen LogP contribution in [-0.2, 0) is 13.1 Å². The molecule has 1 aliphatic rings. The van der Waals surface area contributed by atoms with E-state index in [1.165, 1.54) is 42.4 Å². The van der Waals surface area contributed by atoms with E-state index in [1.807, 2.05) is 10.9 Å². The number of nitrogens with zero attached hydrogens (tertiary/aromatic N) is 3. The number of ether oxygens (including phenoxy) is 1. The lowest BCUT2D eigenvalue weighted by Crippen LogP contribution is -2.37. The van der Waals surface area contributed by atoms with Crippen LogP contribution in [0.5, 0.6) is 5.75 Å². The molecule has 0 atom stereocenters. The standard InChI is InChI=1S/C22H33N5O/c1-17-9-10-19(21(13-17)28-20-7-4-5-8-20)15-25-22(23-3)24-11-6-12-27-16-18(2)14-26-27/h9-10,13-14,16,20H,4-8,11-12,15H2,1-3H3,(H2,23,24,25). The van der Waals surface area contributed by atoms with E-state index in [9.17, 15) is 0 Å². The number of hydrogen-bond acceptors (Lipinski definition) is 3. The average molecular weight is 384 g/mol. The molecule has 1 fully saturated rings. The van der Waals surface area contributed by atoms with Crippen LogP contribution in [0, 0.1) is 13.8 Å². The fourth-order valence-electron chi connectivity index (χ4n) is 3.54. The van der Waals surface area contributed by atoms with Gasteiger partial charge < -0.3 is 15.4 Å². The quantitative estimate of drug-likeness (QED) is 0.415. The normalized spacial score (nSPS) is 15.0. The zero-order chi connectivity index (χ0) is 19.8. The van der Waals surface area contributed by atoms with Gasteiger partial charge in [-0.1, -0.05) is 12.1 Å². The Labute approximate surface area is 168 Å². The van der Waals surface area contributed by atoms with Crippen molar-refractivity contribution >= 4 is 5.96 Å². The summed E-state index contributed by atoms with van der Waals surface area (Å²) in [5.74, 6) is 1.81. The van der Waals surface area contributed by atoms with Gasteiger partial charge in [0, 0.05) is 38.4 Å². The summed E-state index contributed by atoms with van der Waals surface area (Å²) >= 11 is 0. The lowest BCUT2D eigenvalue weighted by atomic mass is 10.1. The predicted octanol–water partition coefficient (Wildman–Crippen LogP) is 3.58. The Hall–Kier alpha value is -2.50. The second-order valence-corrected chi connectivity index (χ2v) is 7.62. The molecule has 0 spiro atoms. The number of benzene rings is 1. The van der Waals surface area contributed by atoms with Gasteiger partial charge in [-0.15, -0.1) is 0 Å². The molecule has 152 valence electrons. The molecule has 0 bridgehead atoms. The molecule has 1 aromatic carbocycles. The minimum Gasteiger partial charge on any atom is -0.490 e. The first-order valence-electron chi connectivity index (χ1n) is 10.3. The molecular weight excluding hydrogens is 350 g/mol. The van der Waals surface area contributed by atoms with E-state index >= 15 is 0 Å². The van der Waals surface area contributed by atoms with Crippen LogP contribution in [0.4, 0.5) is 0 Å². The monoisotopic (exact) mass is 383 g/mol. The molecule has 3 rings (SSSR count). The van der Waals surface area contributed by atoms with Gasteiger partial charge in [-0.3, -0.25) is 9.67 Å². The summed E-state index contributed by atoms with van der Waals surface area (Å²) in [4.78, 5) is 4.33. The fourth-order valence-corrected chi connectivity index (χ4v) is 3.54. The molecule has 0 amide bonds. The Bertz CT molecular complexity index is 777. The molecule has 1 aliphatic carbocycles. The van der Waals surface area contributed by atoms with Crippen LogP contribution in [0.25, 0.3) is 0 Å².